The van der Waals surface area contributed by atoms with Crippen LogP contribution in [0.5, 0.6) is 5.75 Å². The third kappa shape index (κ3) is 2.65. The Morgan fingerprint density at radius 2 is 1.92 bits per heavy atom. The number of carbonyl (C=O) groups is 1. The minimum Gasteiger partial charge on any atom is -0.477 e. The third-order valence-electron chi connectivity index (χ3n) is 3.70. The maximum atomic E-state index is 13.3. The summed E-state index contributed by atoms with van der Waals surface area (Å²) in [5, 5.41) is 3.12. The summed E-state index contributed by atoms with van der Waals surface area (Å²) >= 11 is 17.4. The van der Waals surface area contributed by atoms with Crippen LogP contribution in [0.2, 0.25) is 10.0 Å². The lowest BCUT2D eigenvalue weighted by atomic mass is 9.99. The number of hydrogen-bond donors (Lipinski definition) is 0. The van der Waals surface area contributed by atoms with Crippen LogP contribution in [0.15, 0.2) is 6.07 Å². The average molecular weight is 412 g/mol. The fraction of sp³-hybridized carbons (Fsp3) is 0.357. The lowest BCUT2D eigenvalue weighted by Crippen LogP contribution is -2.32. The second kappa shape index (κ2) is 5.46. The van der Waals surface area contributed by atoms with E-state index in [-0.39, 0.29) is 31.8 Å². The summed E-state index contributed by atoms with van der Waals surface area (Å²) in [6, 6.07) is 1.17. The molecule has 11 heteroatoms. The van der Waals surface area contributed by atoms with E-state index in [1.807, 2.05) is 0 Å². The molecule has 1 aromatic carbocycles. The van der Waals surface area contributed by atoms with E-state index in [0.717, 1.165) is 4.68 Å². The average Bonchev–Trinajstić information content (AvgIpc) is 2.90. The van der Waals surface area contributed by atoms with Crippen LogP contribution in [0.1, 0.15) is 30.0 Å². The SMILES string of the molecule is Cn1nc(C(F)(F)F)n(-c2cc(Cl)c3c(c2Cl)C(=O)C(C)(C)O3)c1=S. The van der Waals surface area contributed by atoms with Gasteiger partial charge in [-0.25, -0.2) is 4.68 Å². The van der Waals surface area contributed by atoms with Crippen LogP contribution in [-0.4, -0.2) is 25.7 Å². The first-order chi connectivity index (χ1) is 11.4. The molecule has 0 saturated carbocycles. The van der Waals surface area contributed by atoms with Crippen LogP contribution < -0.4 is 4.74 Å². The van der Waals surface area contributed by atoms with Gasteiger partial charge in [-0.2, -0.15) is 13.2 Å². The van der Waals surface area contributed by atoms with E-state index in [4.69, 9.17) is 40.2 Å². The number of alkyl halides is 3. The molecule has 0 aliphatic carbocycles. The molecule has 2 heterocycles. The van der Waals surface area contributed by atoms with Gasteiger partial charge in [-0.1, -0.05) is 23.2 Å². The number of ketones is 1. The predicted molar refractivity (Wildman–Crippen MR) is 87.4 cm³/mol. The first kappa shape index (κ1) is 18.2. The lowest BCUT2D eigenvalue weighted by Gasteiger charge is -2.15. The Balaban J connectivity index is 2.38. The maximum absolute atomic E-state index is 13.3. The van der Waals surface area contributed by atoms with E-state index >= 15 is 0 Å². The monoisotopic (exact) mass is 411 g/mol. The normalized spacial score (nSPS) is 16.1. The molecule has 0 spiro atoms. The molecule has 0 radical (unpaired) electrons. The van der Waals surface area contributed by atoms with Crippen LogP contribution in [-0.2, 0) is 13.2 Å². The maximum Gasteiger partial charge on any atom is 0.452 e. The van der Waals surface area contributed by atoms with Crippen LogP contribution in [0.3, 0.4) is 0 Å². The van der Waals surface area contributed by atoms with E-state index in [1.165, 1.54) is 27.0 Å². The molecule has 5 nitrogen and oxygen atoms in total. The highest BCUT2D eigenvalue weighted by Gasteiger charge is 2.45. The summed E-state index contributed by atoms with van der Waals surface area (Å²) in [4.78, 5) is 12.5. The summed E-state index contributed by atoms with van der Waals surface area (Å²) in [5.41, 5.74) is -1.49. The third-order valence-corrected chi connectivity index (χ3v) is 4.81. The van der Waals surface area contributed by atoms with Crippen LogP contribution >= 0.6 is 35.4 Å². The van der Waals surface area contributed by atoms with Crippen molar-refractivity contribution >= 4 is 41.2 Å². The fourth-order valence-corrected chi connectivity index (χ4v) is 3.30. The smallest absolute Gasteiger partial charge is 0.452 e. The number of fused-ring (bicyclic) bond motifs is 1. The zero-order valence-electron chi connectivity index (χ0n) is 13.0. The Morgan fingerprint density at radius 1 is 1.32 bits per heavy atom. The van der Waals surface area contributed by atoms with Crippen molar-refractivity contribution in [2.75, 3.05) is 0 Å². The van der Waals surface area contributed by atoms with Gasteiger partial charge in [-0.05, 0) is 32.1 Å². The first-order valence-electron chi connectivity index (χ1n) is 6.85. The Kier molecular flexibility index (Phi) is 3.98. The highest BCUT2D eigenvalue weighted by atomic mass is 35.5. The van der Waals surface area contributed by atoms with Gasteiger partial charge >= 0.3 is 6.18 Å². The molecule has 0 atom stereocenters. The minimum atomic E-state index is -4.79. The van der Waals surface area contributed by atoms with Gasteiger partial charge < -0.3 is 4.74 Å². The van der Waals surface area contributed by atoms with Crippen molar-refractivity contribution in [2.24, 2.45) is 7.05 Å². The molecule has 0 saturated heterocycles. The van der Waals surface area contributed by atoms with E-state index < -0.39 is 23.4 Å². The van der Waals surface area contributed by atoms with E-state index in [2.05, 4.69) is 5.10 Å². The number of carbonyl (C=O) groups excluding carboxylic acids is 1. The van der Waals surface area contributed by atoms with Crippen molar-refractivity contribution in [2.45, 2.75) is 25.6 Å². The number of hydrogen-bond acceptors (Lipinski definition) is 4. The molecule has 0 fully saturated rings. The molecule has 0 amide bonds. The zero-order chi connectivity index (χ0) is 18.9. The predicted octanol–water partition coefficient (Wildman–Crippen LogP) is 4.62. The standard InChI is InChI=1S/C14H10Cl2F3N3O2S/c1-13(2)10(23)7-8(16)6(4-5(15)9(7)24-13)22-11(14(17,18)19)20-21(3)12(22)25/h4H,1-3H3. The number of benzene rings is 1. The Bertz CT molecular complexity index is 979. The zero-order valence-corrected chi connectivity index (χ0v) is 15.4. The summed E-state index contributed by atoms with van der Waals surface area (Å²) in [5.74, 6) is -1.72. The van der Waals surface area contributed by atoms with Gasteiger partial charge in [0.15, 0.2) is 11.4 Å². The summed E-state index contributed by atoms with van der Waals surface area (Å²) < 4.78 is 46.7. The second-order valence-corrected chi connectivity index (χ2v) is 7.05. The number of aromatic nitrogens is 3. The molecule has 1 aromatic heterocycles. The van der Waals surface area contributed by atoms with Crippen molar-refractivity contribution in [1.82, 2.24) is 14.3 Å². The first-order valence-corrected chi connectivity index (χ1v) is 8.02. The molecular formula is C14H10Cl2F3N3O2S. The van der Waals surface area contributed by atoms with Crippen LogP contribution in [0.25, 0.3) is 5.69 Å². The largest absolute Gasteiger partial charge is 0.477 e. The van der Waals surface area contributed by atoms with Crippen molar-refractivity contribution in [3.63, 3.8) is 0 Å². The molecule has 1 aliphatic heterocycles. The summed E-state index contributed by atoms with van der Waals surface area (Å²) in [7, 11) is 1.27. The Morgan fingerprint density at radius 3 is 2.48 bits per heavy atom. The van der Waals surface area contributed by atoms with E-state index in [0.29, 0.717) is 4.57 Å². The molecule has 134 valence electrons. The molecular weight excluding hydrogens is 402 g/mol. The summed E-state index contributed by atoms with van der Waals surface area (Å²) in [6.07, 6.45) is -4.79. The molecule has 25 heavy (non-hydrogen) atoms. The van der Waals surface area contributed by atoms with Gasteiger partial charge in [0.1, 0.15) is 0 Å². The fourth-order valence-electron chi connectivity index (χ4n) is 2.53. The minimum absolute atomic E-state index is 0.0365. The number of Topliss-reactive ketones (excluding diaryl/α,β-unsaturated/α-hetero) is 1. The van der Waals surface area contributed by atoms with Gasteiger partial charge in [-0.15, -0.1) is 5.10 Å². The molecule has 0 N–H and O–H groups in total. The number of nitrogens with zero attached hydrogens (tertiary/aromatic N) is 3. The van der Waals surface area contributed by atoms with Crippen molar-refractivity contribution in [1.29, 1.82) is 0 Å². The Hall–Kier alpha value is -1.58. The molecule has 3 rings (SSSR count). The quantitative estimate of drug-likeness (QED) is 0.642. The van der Waals surface area contributed by atoms with Gasteiger partial charge in [0.05, 0.1) is 21.3 Å². The van der Waals surface area contributed by atoms with Gasteiger partial charge in [0, 0.05) is 7.05 Å². The highest BCUT2D eigenvalue weighted by molar-refractivity contribution is 7.71. The number of rotatable bonds is 1. The van der Waals surface area contributed by atoms with Gasteiger partial charge in [0.2, 0.25) is 16.4 Å². The number of halogens is 5. The van der Waals surface area contributed by atoms with E-state index in [9.17, 15) is 18.0 Å². The van der Waals surface area contributed by atoms with Crippen LogP contribution in [0.4, 0.5) is 13.2 Å². The number of ether oxygens (including phenoxy) is 1. The van der Waals surface area contributed by atoms with Crippen LogP contribution in [0, 0.1) is 4.77 Å². The second-order valence-electron chi connectivity index (χ2n) is 5.90. The molecule has 0 bridgehead atoms. The highest BCUT2D eigenvalue weighted by Crippen LogP contribution is 2.47. The van der Waals surface area contributed by atoms with Crippen molar-refractivity contribution < 1.29 is 22.7 Å². The van der Waals surface area contributed by atoms with E-state index in [1.54, 1.807) is 0 Å². The Labute approximate surface area is 154 Å². The molecule has 1 aliphatic rings. The van der Waals surface area contributed by atoms with Crippen molar-refractivity contribution in [3.8, 4) is 11.4 Å². The van der Waals surface area contributed by atoms with Gasteiger partial charge in [-0.3, -0.25) is 9.36 Å². The summed E-state index contributed by atoms with van der Waals surface area (Å²) in [6.45, 7) is 3.02. The van der Waals surface area contributed by atoms with Gasteiger partial charge in [0.25, 0.3) is 0 Å². The number of aryl methyl sites for hydroxylation is 1. The molecule has 2 aromatic rings. The molecule has 0 unspecified atom stereocenters. The lowest BCUT2D eigenvalue weighted by molar-refractivity contribution is -0.146. The van der Waals surface area contributed by atoms with Crippen molar-refractivity contribution in [3.05, 3.63) is 32.3 Å². The topological polar surface area (TPSA) is 49.0 Å².